The number of guanidine groups is 1. The summed E-state index contributed by atoms with van der Waals surface area (Å²) in [6.07, 6.45) is 4.84. The molecule has 1 heterocycles. The molecule has 2 fully saturated rings. The summed E-state index contributed by atoms with van der Waals surface area (Å²) < 4.78 is 20.0. The third kappa shape index (κ3) is 5.85. The van der Waals surface area contributed by atoms with Crippen molar-refractivity contribution in [1.29, 1.82) is 0 Å². The first-order chi connectivity index (χ1) is 14.6. The highest BCUT2D eigenvalue weighted by atomic mass is 19.1. The van der Waals surface area contributed by atoms with Crippen molar-refractivity contribution >= 4 is 11.6 Å². The summed E-state index contributed by atoms with van der Waals surface area (Å²) in [4.78, 5) is 8.88. The molecule has 1 aromatic rings. The molecule has 0 aromatic heterocycles. The normalized spacial score (nSPS) is 19.5. The number of anilines is 1. The number of nitrogens with one attached hydrogen (secondary N) is 2. The first kappa shape index (κ1) is 22.8. The van der Waals surface area contributed by atoms with Crippen molar-refractivity contribution in [3.05, 3.63) is 29.6 Å². The molecule has 0 unspecified atom stereocenters. The number of rotatable bonds is 9. The fourth-order valence-electron chi connectivity index (χ4n) is 4.41. The molecule has 2 aliphatic rings. The number of ether oxygens (including phenoxy) is 1. The van der Waals surface area contributed by atoms with Gasteiger partial charge >= 0.3 is 0 Å². The molecule has 168 valence electrons. The molecule has 1 aliphatic heterocycles. The first-order valence-corrected chi connectivity index (χ1v) is 11.3. The number of hydrogen-bond acceptors (Lipinski definition) is 4. The summed E-state index contributed by atoms with van der Waals surface area (Å²) in [6, 6.07) is 5.57. The van der Waals surface area contributed by atoms with Crippen molar-refractivity contribution in [3.8, 4) is 0 Å². The van der Waals surface area contributed by atoms with Gasteiger partial charge in [0.1, 0.15) is 5.82 Å². The molecular formula is C23H38FN5O. The van der Waals surface area contributed by atoms with Crippen molar-refractivity contribution in [2.75, 3.05) is 64.9 Å². The van der Waals surface area contributed by atoms with Crippen LogP contribution in [0.3, 0.4) is 0 Å². The molecule has 0 atom stereocenters. The number of methoxy groups -OCH3 is 1. The fraction of sp³-hybridized carbons (Fsp3) is 0.696. The van der Waals surface area contributed by atoms with Gasteiger partial charge in [-0.2, -0.15) is 0 Å². The molecule has 0 spiro atoms. The number of likely N-dealkylation sites (N-methyl/N-ethyl adjacent to an activating group) is 1. The molecule has 0 bridgehead atoms. The summed E-state index contributed by atoms with van der Waals surface area (Å²) in [6.45, 7) is 9.22. The zero-order valence-corrected chi connectivity index (χ0v) is 18.8. The Morgan fingerprint density at radius 1 is 1.20 bits per heavy atom. The molecule has 1 aliphatic carbocycles. The monoisotopic (exact) mass is 419 g/mol. The number of hydrogen-bond donors (Lipinski definition) is 2. The highest BCUT2D eigenvalue weighted by Gasteiger charge is 2.36. The van der Waals surface area contributed by atoms with Gasteiger partial charge in [0, 0.05) is 60.0 Å². The van der Waals surface area contributed by atoms with Gasteiger partial charge in [-0.1, -0.05) is 19.4 Å². The molecule has 6 nitrogen and oxygen atoms in total. The Hall–Kier alpha value is -1.86. The number of halogens is 1. The maximum atomic E-state index is 14.8. The Balaban J connectivity index is 1.49. The maximum absolute atomic E-state index is 14.8. The molecule has 0 radical (unpaired) electrons. The van der Waals surface area contributed by atoms with E-state index in [0.29, 0.717) is 17.6 Å². The predicted octanol–water partition coefficient (Wildman–Crippen LogP) is 2.84. The van der Waals surface area contributed by atoms with E-state index in [4.69, 9.17) is 4.74 Å². The van der Waals surface area contributed by atoms with Crippen molar-refractivity contribution in [2.45, 2.75) is 39.2 Å². The van der Waals surface area contributed by atoms with Gasteiger partial charge in [-0.05, 0) is 48.9 Å². The second-order valence-electron chi connectivity index (χ2n) is 8.58. The predicted molar refractivity (Wildman–Crippen MR) is 122 cm³/mol. The highest BCUT2D eigenvalue weighted by molar-refractivity contribution is 5.79. The molecule has 2 N–H and O–H groups in total. The Labute approximate surface area is 180 Å². The van der Waals surface area contributed by atoms with Gasteiger partial charge in [-0.15, -0.1) is 0 Å². The summed E-state index contributed by atoms with van der Waals surface area (Å²) in [5.74, 6) is 0.619. The van der Waals surface area contributed by atoms with Gasteiger partial charge in [-0.25, -0.2) is 4.39 Å². The van der Waals surface area contributed by atoms with Gasteiger partial charge < -0.3 is 25.2 Å². The Kier molecular flexibility index (Phi) is 8.33. The van der Waals surface area contributed by atoms with E-state index < -0.39 is 0 Å². The Morgan fingerprint density at radius 3 is 2.53 bits per heavy atom. The van der Waals surface area contributed by atoms with Crippen LogP contribution >= 0.6 is 0 Å². The first-order valence-electron chi connectivity index (χ1n) is 11.3. The average Bonchev–Trinajstić information content (AvgIpc) is 2.75. The van der Waals surface area contributed by atoms with Crippen molar-refractivity contribution in [1.82, 2.24) is 15.5 Å². The highest BCUT2D eigenvalue weighted by Crippen LogP contribution is 2.43. The topological polar surface area (TPSA) is 52.1 Å². The van der Waals surface area contributed by atoms with E-state index in [1.807, 2.05) is 12.1 Å². The standard InChI is InChI=1S/C23H38FN5O/c1-4-28-11-13-29(14-12-28)21-7-6-19(16-20(21)24)17-26-22(25-2)27-18-23(8-5-9-23)10-15-30-3/h6-7,16H,4-5,8-15,17-18H2,1-3H3,(H2,25,26,27). The third-order valence-electron chi connectivity index (χ3n) is 6.74. The summed E-state index contributed by atoms with van der Waals surface area (Å²) in [5, 5.41) is 6.78. The molecule has 1 saturated carbocycles. The van der Waals surface area contributed by atoms with Gasteiger partial charge in [0.25, 0.3) is 0 Å². The molecule has 3 rings (SSSR count). The van der Waals surface area contributed by atoms with Crippen LogP contribution in [0.25, 0.3) is 0 Å². The summed E-state index contributed by atoms with van der Waals surface area (Å²) >= 11 is 0. The number of piperazine rings is 1. The minimum absolute atomic E-state index is 0.143. The molecule has 1 saturated heterocycles. The lowest BCUT2D eigenvalue weighted by Crippen LogP contribution is -2.46. The zero-order valence-electron chi connectivity index (χ0n) is 18.8. The van der Waals surface area contributed by atoms with Crippen LogP contribution in [-0.4, -0.2) is 70.9 Å². The van der Waals surface area contributed by atoms with E-state index >= 15 is 0 Å². The smallest absolute Gasteiger partial charge is 0.191 e. The van der Waals surface area contributed by atoms with E-state index in [1.165, 1.54) is 19.3 Å². The van der Waals surface area contributed by atoms with Crippen LogP contribution in [0.1, 0.15) is 38.2 Å². The van der Waals surface area contributed by atoms with Gasteiger partial charge in [0.2, 0.25) is 0 Å². The van der Waals surface area contributed by atoms with Crippen LogP contribution in [0, 0.1) is 11.2 Å². The molecule has 7 heteroatoms. The quantitative estimate of drug-likeness (QED) is 0.476. The van der Waals surface area contributed by atoms with Crippen LogP contribution in [0.15, 0.2) is 23.2 Å². The van der Waals surface area contributed by atoms with E-state index in [0.717, 1.165) is 63.8 Å². The van der Waals surface area contributed by atoms with Crippen LogP contribution in [0.4, 0.5) is 10.1 Å². The lowest BCUT2D eigenvalue weighted by Gasteiger charge is -2.42. The maximum Gasteiger partial charge on any atom is 0.191 e. The van der Waals surface area contributed by atoms with Crippen LogP contribution in [-0.2, 0) is 11.3 Å². The van der Waals surface area contributed by atoms with Crippen molar-refractivity contribution in [2.24, 2.45) is 10.4 Å². The van der Waals surface area contributed by atoms with Crippen LogP contribution in [0.5, 0.6) is 0 Å². The van der Waals surface area contributed by atoms with Crippen LogP contribution < -0.4 is 15.5 Å². The van der Waals surface area contributed by atoms with Gasteiger partial charge in [0.05, 0.1) is 5.69 Å². The minimum atomic E-state index is -0.143. The van der Waals surface area contributed by atoms with E-state index in [9.17, 15) is 4.39 Å². The van der Waals surface area contributed by atoms with E-state index in [2.05, 4.69) is 32.3 Å². The summed E-state index contributed by atoms with van der Waals surface area (Å²) in [7, 11) is 3.54. The van der Waals surface area contributed by atoms with Crippen molar-refractivity contribution < 1.29 is 9.13 Å². The van der Waals surface area contributed by atoms with E-state index in [1.54, 1.807) is 20.2 Å². The second-order valence-corrected chi connectivity index (χ2v) is 8.58. The fourth-order valence-corrected chi connectivity index (χ4v) is 4.41. The SMILES string of the molecule is CCN1CCN(c2ccc(CNC(=NC)NCC3(CCOC)CCC3)cc2F)CC1. The minimum Gasteiger partial charge on any atom is -0.385 e. The summed E-state index contributed by atoms with van der Waals surface area (Å²) in [5.41, 5.74) is 1.95. The Morgan fingerprint density at radius 2 is 1.97 bits per heavy atom. The lowest BCUT2D eigenvalue weighted by molar-refractivity contribution is 0.0732. The van der Waals surface area contributed by atoms with Gasteiger partial charge in [-0.3, -0.25) is 4.99 Å². The molecule has 30 heavy (non-hydrogen) atoms. The largest absolute Gasteiger partial charge is 0.385 e. The van der Waals surface area contributed by atoms with Gasteiger partial charge in [0.15, 0.2) is 5.96 Å². The second kappa shape index (κ2) is 11.0. The lowest BCUT2D eigenvalue weighted by atomic mass is 9.67. The molecule has 1 aromatic carbocycles. The van der Waals surface area contributed by atoms with Crippen molar-refractivity contribution in [3.63, 3.8) is 0 Å². The third-order valence-corrected chi connectivity index (χ3v) is 6.74. The zero-order chi connectivity index (χ0) is 21.4. The average molecular weight is 420 g/mol. The number of nitrogens with zero attached hydrogens (tertiary/aromatic N) is 3. The number of aliphatic imine (C=N–C) groups is 1. The Bertz CT molecular complexity index is 699. The molecule has 0 amide bonds. The molecular weight excluding hydrogens is 381 g/mol. The van der Waals surface area contributed by atoms with Crippen LogP contribution in [0.2, 0.25) is 0 Å². The van der Waals surface area contributed by atoms with E-state index in [-0.39, 0.29) is 5.82 Å². The number of benzene rings is 1.